The van der Waals surface area contributed by atoms with Gasteiger partial charge in [-0.05, 0) is 13.8 Å². The van der Waals surface area contributed by atoms with E-state index >= 15 is 0 Å². The first-order valence-electron chi connectivity index (χ1n) is 14.8. The standard InChI is InChI=1S/C24H14F34N2O5S2/c1-5(59-66(61,62)23(55,56)19(45,46)15(37,38)11(29,30)9(25,26)13(33,34)17(41,42)21(49,50)51)7(3)65-8(4)6(2)60-67(63,64)24(57,58)20(47,48)16(39,40)12(31,32)10(27,28)14(35,36)18(43,44)22(52,53)54/h5-6,59-60H,3-4H2,1-2H3. The van der Waals surface area contributed by atoms with E-state index < -0.39 is 138 Å². The van der Waals surface area contributed by atoms with E-state index in [2.05, 4.69) is 17.9 Å². The van der Waals surface area contributed by atoms with E-state index in [-0.39, 0.29) is 23.3 Å². The van der Waals surface area contributed by atoms with Crippen LogP contribution in [-0.2, 0) is 24.8 Å². The van der Waals surface area contributed by atoms with Crippen LogP contribution in [0.1, 0.15) is 13.8 Å². The third-order valence-electron chi connectivity index (χ3n) is 7.95. The van der Waals surface area contributed by atoms with Gasteiger partial charge in [0.25, 0.3) is 20.0 Å². The first-order chi connectivity index (χ1) is 28.3. The van der Waals surface area contributed by atoms with Crippen LogP contribution in [-0.4, -0.2) is 123 Å². The maximum Gasteiger partial charge on any atom is 0.460 e. The molecular weight excluding hydrogens is 1110 g/mol. The zero-order chi connectivity index (χ0) is 55.4. The van der Waals surface area contributed by atoms with Crippen LogP contribution in [0.25, 0.3) is 0 Å². The number of hydrogen-bond donors (Lipinski definition) is 2. The van der Waals surface area contributed by atoms with Gasteiger partial charge < -0.3 is 4.74 Å². The van der Waals surface area contributed by atoms with Crippen LogP contribution in [0.3, 0.4) is 0 Å². The van der Waals surface area contributed by atoms with Crippen molar-refractivity contribution in [3.63, 3.8) is 0 Å². The third-order valence-corrected chi connectivity index (χ3v) is 11.1. The molecule has 0 aliphatic rings. The number of halogens is 34. The molecule has 7 nitrogen and oxygen atoms in total. The van der Waals surface area contributed by atoms with Gasteiger partial charge in [0, 0.05) is 0 Å². The van der Waals surface area contributed by atoms with Crippen molar-refractivity contribution >= 4 is 20.0 Å². The molecule has 0 heterocycles. The Balaban J connectivity index is 6.78. The average molecular weight is 1120 g/mol. The van der Waals surface area contributed by atoms with Crippen molar-refractivity contribution in [2.45, 2.75) is 120 Å². The van der Waals surface area contributed by atoms with E-state index in [9.17, 15) is 166 Å². The van der Waals surface area contributed by atoms with E-state index in [0.717, 1.165) is 0 Å². The van der Waals surface area contributed by atoms with Crippen LogP contribution in [0.4, 0.5) is 149 Å². The fraction of sp³-hybridized carbons (Fsp3) is 0.833. The highest BCUT2D eigenvalue weighted by atomic mass is 32.2. The Morgan fingerprint density at radius 1 is 0.328 bits per heavy atom. The topological polar surface area (TPSA) is 102 Å². The quantitative estimate of drug-likeness (QED) is 0.0831. The summed E-state index contributed by atoms with van der Waals surface area (Å²) in [6, 6.07) is -6.59. The van der Waals surface area contributed by atoms with Gasteiger partial charge in [0.15, 0.2) is 0 Å². The Morgan fingerprint density at radius 3 is 0.642 bits per heavy atom. The van der Waals surface area contributed by atoms with Gasteiger partial charge in [-0.15, -0.1) is 0 Å². The Hall–Kier alpha value is -3.28. The highest BCUT2D eigenvalue weighted by Gasteiger charge is 2.98. The lowest BCUT2D eigenvalue weighted by atomic mass is 9.91. The maximum atomic E-state index is 14.4. The van der Waals surface area contributed by atoms with Crippen LogP contribution in [0.5, 0.6) is 0 Å². The van der Waals surface area contributed by atoms with Crippen molar-refractivity contribution < 1.29 is 171 Å². The van der Waals surface area contributed by atoms with Gasteiger partial charge in [-0.3, -0.25) is 0 Å². The van der Waals surface area contributed by atoms with Gasteiger partial charge in [0.1, 0.15) is 11.5 Å². The molecule has 0 aliphatic carbocycles. The van der Waals surface area contributed by atoms with Crippen molar-refractivity contribution in [2.24, 2.45) is 0 Å². The summed E-state index contributed by atoms with van der Waals surface area (Å²) in [6.45, 7) is 4.30. The zero-order valence-corrected chi connectivity index (χ0v) is 31.9. The van der Waals surface area contributed by atoms with Gasteiger partial charge in [0.05, 0.1) is 12.1 Å². The predicted molar refractivity (Wildman–Crippen MR) is 144 cm³/mol. The van der Waals surface area contributed by atoms with E-state index in [0.29, 0.717) is 0 Å². The molecule has 0 saturated heterocycles. The lowest BCUT2D eigenvalue weighted by molar-refractivity contribution is -0.458. The van der Waals surface area contributed by atoms with E-state index in [1.54, 1.807) is 0 Å². The molecule has 2 unspecified atom stereocenters. The summed E-state index contributed by atoms with van der Waals surface area (Å²) in [4.78, 5) is 0. The Morgan fingerprint density at radius 2 is 0.478 bits per heavy atom. The zero-order valence-electron chi connectivity index (χ0n) is 30.3. The lowest BCUT2D eigenvalue weighted by Gasteiger charge is -2.42. The number of sulfonamides is 2. The highest BCUT2D eigenvalue weighted by molar-refractivity contribution is 7.90. The average Bonchev–Trinajstić information content (AvgIpc) is 3.08. The van der Waals surface area contributed by atoms with Crippen molar-refractivity contribution in [3.8, 4) is 0 Å². The highest BCUT2D eigenvalue weighted by Crippen LogP contribution is 2.66. The summed E-state index contributed by atoms with van der Waals surface area (Å²) < 4.78 is 511. The Kier molecular flexibility index (Phi) is 15.9. The molecule has 0 amide bonds. The molecule has 0 aromatic rings. The first kappa shape index (κ1) is 63.7. The summed E-state index contributed by atoms with van der Waals surface area (Å²) in [7, 11) is -16.4. The van der Waals surface area contributed by atoms with Gasteiger partial charge in [0.2, 0.25) is 0 Å². The third kappa shape index (κ3) is 8.73. The monoisotopic (exact) mass is 1120 g/mol. The smallest absolute Gasteiger partial charge is 0.460 e. The molecule has 0 aromatic carbocycles. The minimum Gasteiger partial charge on any atom is -0.464 e. The second-order valence-corrected chi connectivity index (χ2v) is 16.2. The summed E-state index contributed by atoms with van der Waals surface area (Å²) in [5.74, 6) is -113. The van der Waals surface area contributed by atoms with E-state index in [1.807, 2.05) is 0 Å². The SMILES string of the molecule is C=C(OC(=C)C(C)NS(=O)(=O)C(F)(F)C(F)(F)C(F)(F)C(F)(F)C(F)(F)C(F)(F)C(F)(F)C(F)(F)F)C(C)NS(=O)(=O)C(F)(F)C(F)(F)C(F)(F)C(F)(F)C(F)(F)C(F)(F)C(F)(F)C(F)(F)F. The summed E-state index contributed by atoms with van der Waals surface area (Å²) in [6.07, 6.45) is -16.3. The van der Waals surface area contributed by atoms with Gasteiger partial charge >= 0.3 is 93.9 Å². The number of hydrogen-bond acceptors (Lipinski definition) is 5. The normalized spacial score (nSPS) is 17.3. The summed E-state index contributed by atoms with van der Waals surface area (Å²) in [5, 5.41) is -16.5. The largest absolute Gasteiger partial charge is 0.464 e. The van der Waals surface area contributed by atoms with Crippen LogP contribution in [0.2, 0.25) is 0 Å². The lowest BCUT2D eigenvalue weighted by Crippen LogP contribution is -2.75. The molecule has 2 N–H and O–H groups in total. The second-order valence-electron chi connectivity index (χ2n) is 12.6. The van der Waals surface area contributed by atoms with Crippen LogP contribution in [0, 0.1) is 0 Å². The number of ether oxygens (including phenoxy) is 1. The van der Waals surface area contributed by atoms with E-state index in [4.69, 9.17) is 0 Å². The second kappa shape index (κ2) is 16.7. The maximum absolute atomic E-state index is 14.4. The van der Waals surface area contributed by atoms with Crippen LogP contribution >= 0.6 is 0 Å². The van der Waals surface area contributed by atoms with Gasteiger partial charge in [-0.1, -0.05) is 13.2 Å². The number of rotatable bonds is 22. The Labute approximate surface area is 345 Å². The summed E-state index contributed by atoms with van der Waals surface area (Å²) >= 11 is 0. The minimum atomic E-state index is -9.30. The van der Waals surface area contributed by atoms with Crippen LogP contribution < -0.4 is 9.44 Å². The first-order valence-corrected chi connectivity index (χ1v) is 17.8. The minimum absolute atomic E-state index is 0.0956. The van der Waals surface area contributed by atoms with Crippen molar-refractivity contribution in [3.05, 3.63) is 24.7 Å². The molecular formula is C24H14F34N2O5S2. The Bertz CT molecular complexity index is 1940. The molecule has 0 aromatic heterocycles. The van der Waals surface area contributed by atoms with Crippen LogP contribution in [0.15, 0.2) is 24.7 Å². The van der Waals surface area contributed by atoms with Gasteiger partial charge in [-0.2, -0.15) is 159 Å². The van der Waals surface area contributed by atoms with Crippen molar-refractivity contribution in [1.82, 2.24) is 9.44 Å². The molecule has 0 aliphatic heterocycles. The number of nitrogens with one attached hydrogen (secondary N) is 2. The molecule has 0 spiro atoms. The fourth-order valence-electron chi connectivity index (χ4n) is 3.73. The molecule has 43 heteroatoms. The summed E-state index contributed by atoms with van der Waals surface area (Å²) in [5.41, 5.74) is 0. The number of alkyl halides is 34. The van der Waals surface area contributed by atoms with Gasteiger partial charge in [-0.25, -0.2) is 16.8 Å². The molecule has 400 valence electrons. The molecule has 0 rings (SSSR count). The predicted octanol–water partition coefficient (Wildman–Crippen LogP) is 10.6. The fourth-order valence-corrected chi connectivity index (χ4v) is 6.15. The molecule has 0 fully saturated rings. The van der Waals surface area contributed by atoms with E-state index in [1.165, 1.54) is 0 Å². The molecule has 2 atom stereocenters. The molecule has 67 heavy (non-hydrogen) atoms. The molecule has 0 bridgehead atoms. The molecule has 0 radical (unpaired) electrons. The molecule has 0 saturated carbocycles. The van der Waals surface area contributed by atoms with Crippen molar-refractivity contribution in [1.29, 1.82) is 0 Å². The van der Waals surface area contributed by atoms with Crippen molar-refractivity contribution in [2.75, 3.05) is 0 Å².